The summed E-state index contributed by atoms with van der Waals surface area (Å²) in [6.07, 6.45) is 0. The van der Waals surface area contributed by atoms with Crippen LogP contribution >= 0.6 is 39.7 Å². The summed E-state index contributed by atoms with van der Waals surface area (Å²) in [5.74, 6) is 0.0466. The predicted molar refractivity (Wildman–Crippen MR) is 98.9 cm³/mol. The summed E-state index contributed by atoms with van der Waals surface area (Å²) in [6.45, 7) is 2.39. The van der Waals surface area contributed by atoms with Crippen molar-refractivity contribution < 1.29 is 9.53 Å². The van der Waals surface area contributed by atoms with Gasteiger partial charge >= 0.3 is 0 Å². The molecular formula is C16H14BrClN2O2S. The van der Waals surface area contributed by atoms with Crippen LogP contribution in [-0.2, 0) is 6.61 Å². The number of carbonyl (C=O) groups excluding carboxylic acids is 1. The molecule has 23 heavy (non-hydrogen) atoms. The van der Waals surface area contributed by atoms with Crippen molar-refractivity contribution in [2.75, 3.05) is 0 Å². The second-order valence-electron chi connectivity index (χ2n) is 4.87. The summed E-state index contributed by atoms with van der Waals surface area (Å²) < 4.78 is 6.34. The topological polar surface area (TPSA) is 64.3 Å². The molecular weight excluding hydrogens is 400 g/mol. The summed E-state index contributed by atoms with van der Waals surface area (Å²) in [5, 5.41) is 2.57. The molecule has 3 N–H and O–H groups in total. The molecule has 0 atom stereocenters. The first kappa shape index (κ1) is 17.7. The van der Waals surface area contributed by atoms with Crippen molar-refractivity contribution in [2.24, 2.45) is 5.73 Å². The van der Waals surface area contributed by atoms with Gasteiger partial charge in [0.15, 0.2) is 10.9 Å². The Morgan fingerprint density at radius 3 is 2.74 bits per heavy atom. The lowest BCUT2D eigenvalue weighted by molar-refractivity contribution is 0.0977. The number of hydrogen-bond acceptors (Lipinski definition) is 3. The molecule has 0 aliphatic carbocycles. The average molecular weight is 414 g/mol. The minimum Gasteiger partial charge on any atom is -0.486 e. The maximum absolute atomic E-state index is 11.9. The lowest BCUT2D eigenvalue weighted by Gasteiger charge is -2.12. The minimum absolute atomic E-state index is 0.0954. The van der Waals surface area contributed by atoms with E-state index in [1.807, 2.05) is 31.2 Å². The van der Waals surface area contributed by atoms with Gasteiger partial charge in [0.25, 0.3) is 5.91 Å². The highest BCUT2D eigenvalue weighted by molar-refractivity contribution is 9.10. The van der Waals surface area contributed by atoms with Gasteiger partial charge < -0.3 is 10.5 Å². The molecule has 0 radical (unpaired) electrons. The number of thiocarbonyl (C=S) groups is 1. The lowest BCUT2D eigenvalue weighted by Crippen LogP contribution is -2.34. The van der Waals surface area contributed by atoms with E-state index >= 15 is 0 Å². The standard InChI is InChI=1S/C16H14BrClN2O2S/c1-9-3-2-4-10(5-9)8-22-14-12(17)6-11(7-13(14)18)15(21)20-16(19)23/h2-7H,8H2,1H3,(H3,19,20,21,23). The van der Waals surface area contributed by atoms with Gasteiger partial charge in [0.05, 0.1) is 9.50 Å². The maximum atomic E-state index is 11.9. The van der Waals surface area contributed by atoms with Gasteiger partial charge in [0.2, 0.25) is 0 Å². The normalized spacial score (nSPS) is 10.2. The number of nitrogens with one attached hydrogen (secondary N) is 1. The molecule has 0 heterocycles. The van der Waals surface area contributed by atoms with E-state index in [1.54, 1.807) is 6.07 Å². The number of carbonyl (C=O) groups is 1. The highest BCUT2D eigenvalue weighted by Crippen LogP contribution is 2.35. The predicted octanol–water partition coefficient (Wildman–Crippen LogP) is 3.96. The van der Waals surface area contributed by atoms with Crippen molar-refractivity contribution in [3.63, 3.8) is 0 Å². The Labute approximate surface area is 153 Å². The number of nitrogens with two attached hydrogens (primary N) is 1. The number of aryl methyl sites for hydroxylation is 1. The molecule has 4 nitrogen and oxygen atoms in total. The van der Waals surface area contributed by atoms with Crippen molar-refractivity contribution in [1.29, 1.82) is 0 Å². The van der Waals surface area contributed by atoms with Gasteiger partial charge in [-0.1, -0.05) is 41.4 Å². The quantitative estimate of drug-likeness (QED) is 0.745. The third-order valence-corrected chi connectivity index (χ3v) is 3.93. The summed E-state index contributed by atoms with van der Waals surface area (Å²) in [4.78, 5) is 11.9. The van der Waals surface area contributed by atoms with Crippen molar-refractivity contribution in [2.45, 2.75) is 13.5 Å². The van der Waals surface area contributed by atoms with Crippen LogP contribution in [0.25, 0.3) is 0 Å². The van der Waals surface area contributed by atoms with Crippen molar-refractivity contribution in [3.8, 4) is 5.75 Å². The molecule has 0 unspecified atom stereocenters. The summed E-state index contributed by atoms with van der Waals surface area (Å²) in [7, 11) is 0. The molecule has 1 amide bonds. The van der Waals surface area contributed by atoms with E-state index in [2.05, 4.69) is 33.5 Å². The van der Waals surface area contributed by atoms with Crippen LogP contribution < -0.4 is 15.8 Å². The molecule has 0 fully saturated rings. The van der Waals surface area contributed by atoms with Gasteiger partial charge in [-0.25, -0.2) is 0 Å². The van der Waals surface area contributed by atoms with E-state index < -0.39 is 5.91 Å². The smallest absolute Gasteiger partial charge is 0.257 e. The van der Waals surface area contributed by atoms with E-state index in [4.69, 9.17) is 22.1 Å². The van der Waals surface area contributed by atoms with E-state index in [9.17, 15) is 4.79 Å². The molecule has 0 aliphatic rings. The molecule has 2 rings (SSSR count). The molecule has 7 heteroatoms. The Balaban J connectivity index is 2.17. The van der Waals surface area contributed by atoms with Crippen LogP contribution in [0.15, 0.2) is 40.9 Å². The molecule has 0 aromatic heterocycles. The van der Waals surface area contributed by atoms with Gasteiger partial charge in [0.1, 0.15) is 6.61 Å². The number of ether oxygens (including phenoxy) is 1. The van der Waals surface area contributed by atoms with Crippen LogP contribution in [0, 0.1) is 6.92 Å². The monoisotopic (exact) mass is 412 g/mol. The van der Waals surface area contributed by atoms with Crippen LogP contribution in [0.5, 0.6) is 5.75 Å². The van der Waals surface area contributed by atoms with E-state index in [0.29, 0.717) is 27.4 Å². The zero-order chi connectivity index (χ0) is 17.0. The fraction of sp³-hybridized carbons (Fsp3) is 0.125. The van der Waals surface area contributed by atoms with Gasteiger partial charge in [-0.15, -0.1) is 0 Å². The molecule has 0 spiro atoms. The van der Waals surface area contributed by atoms with Crippen molar-refractivity contribution in [1.82, 2.24) is 5.32 Å². The summed E-state index contributed by atoms with van der Waals surface area (Å²) >= 11 is 14.2. The van der Waals surface area contributed by atoms with E-state index in [-0.39, 0.29) is 5.11 Å². The molecule has 2 aromatic carbocycles. The number of halogens is 2. The second kappa shape index (κ2) is 7.77. The fourth-order valence-electron chi connectivity index (χ4n) is 1.97. The Morgan fingerprint density at radius 1 is 1.39 bits per heavy atom. The number of benzene rings is 2. The average Bonchev–Trinajstić information content (AvgIpc) is 2.45. The Kier molecular flexibility index (Phi) is 5.98. The molecule has 2 aromatic rings. The molecule has 0 bridgehead atoms. The zero-order valence-electron chi connectivity index (χ0n) is 12.2. The zero-order valence-corrected chi connectivity index (χ0v) is 15.4. The first-order valence-corrected chi connectivity index (χ1v) is 8.23. The van der Waals surface area contributed by atoms with Crippen LogP contribution in [0.3, 0.4) is 0 Å². The Morgan fingerprint density at radius 2 is 2.13 bits per heavy atom. The molecule has 0 saturated heterocycles. The van der Waals surface area contributed by atoms with Gasteiger partial charge in [-0.2, -0.15) is 0 Å². The largest absolute Gasteiger partial charge is 0.486 e. The van der Waals surface area contributed by atoms with Crippen LogP contribution in [0.4, 0.5) is 0 Å². The van der Waals surface area contributed by atoms with Gasteiger partial charge in [-0.05, 0) is 52.8 Å². The van der Waals surface area contributed by atoms with E-state index in [1.165, 1.54) is 6.07 Å². The Hall–Kier alpha value is -1.63. The minimum atomic E-state index is -0.426. The Bertz CT molecular complexity index is 744. The van der Waals surface area contributed by atoms with Crippen LogP contribution in [0.2, 0.25) is 5.02 Å². The van der Waals surface area contributed by atoms with Gasteiger partial charge in [-0.3, -0.25) is 10.1 Å². The van der Waals surface area contributed by atoms with E-state index in [0.717, 1.165) is 11.1 Å². The first-order valence-electron chi connectivity index (χ1n) is 6.65. The third-order valence-electron chi connectivity index (χ3n) is 2.96. The molecule has 120 valence electrons. The lowest BCUT2D eigenvalue weighted by atomic mass is 10.1. The fourth-order valence-corrected chi connectivity index (χ4v) is 3.03. The second-order valence-corrected chi connectivity index (χ2v) is 6.57. The number of rotatable bonds is 4. The highest BCUT2D eigenvalue weighted by Gasteiger charge is 2.14. The third kappa shape index (κ3) is 4.92. The number of amides is 1. The summed E-state index contributed by atoms with van der Waals surface area (Å²) in [5.41, 5.74) is 7.81. The maximum Gasteiger partial charge on any atom is 0.257 e. The summed E-state index contributed by atoms with van der Waals surface area (Å²) in [6, 6.07) is 11.1. The highest BCUT2D eigenvalue weighted by atomic mass is 79.9. The van der Waals surface area contributed by atoms with Crippen molar-refractivity contribution in [3.05, 3.63) is 62.6 Å². The SMILES string of the molecule is Cc1cccc(COc2c(Cl)cc(C(=O)NC(N)=S)cc2Br)c1. The van der Waals surface area contributed by atoms with Crippen LogP contribution in [0.1, 0.15) is 21.5 Å². The van der Waals surface area contributed by atoms with Crippen molar-refractivity contribution >= 4 is 50.8 Å². The van der Waals surface area contributed by atoms with Crippen LogP contribution in [-0.4, -0.2) is 11.0 Å². The molecule has 0 saturated carbocycles. The number of hydrogen-bond donors (Lipinski definition) is 2. The van der Waals surface area contributed by atoms with Gasteiger partial charge in [0, 0.05) is 5.56 Å². The molecule has 0 aliphatic heterocycles. The first-order chi connectivity index (χ1) is 10.9.